The second-order valence-corrected chi connectivity index (χ2v) is 6.28. The van der Waals surface area contributed by atoms with Crippen molar-refractivity contribution in [3.05, 3.63) is 18.6 Å². The number of rotatable bonds is 3. The molecule has 0 N–H and O–H groups in total. The van der Waals surface area contributed by atoms with Crippen LogP contribution in [0.2, 0.25) is 0 Å². The lowest BCUT2D eigenvalue weighted by Gasteiger charge is -2.33. The summed E-state index contributed by atoms with van der Waals surface area (Å²) >= 11 is 0. The number of hydrogen-bond acceptors (Lipinski definition) is 6. The molecule has 4 rings (SSSR count). The maximum Gasteiger partial charge on any atom is 0.223 e. The summed E-state index contributed by atoms with van der Waals surface area (Å²) in [6, 6.07) is 1.78. The number of hydrogen-bond donors (Lipinski definition) is 0. The highest BCUT2D eigenvalue weighted by Gasteiger charge is 2.41. The number of tetrazole rings is 1. The van der Waals surface area contributed by atoms with Gasteiger partial charge in [0.05, 0.1) is 18.2 Å². The van der Waals surface area contributed by atoms with Crippen LogP contribution in [0.25, 0.3) is 11.5 Å². The van der Waals surface area contributed by atoms with Gasteiger partial charge in [-0.2, -0.15) is 4.80 Å². The van der Waals surface area contributed by atoms with Gasteiger partial charge in [-0.05, 0) is 37.0 Å². The highest BCUT2D eigenvalue weighted by molar-refractivity contribution is 5.45. The first-order valence-electron chi connectivity index (χ1n) is 8.05. The molecule has 0 radical (unpaired) electrons. The molecule has 116 valence electrons. The van der Waals surface area contributed by atoms with Gasteiger partial charge >= 0.3 is 0 Å². The maximum atomic E-state index is 6.35. The van der Waals surface area contributed by atoms with E-state index in [2.05, 4.69) is 25.4 Å². The van der Waals surface area contributed by atoms with E-state index in [0.29, 0.717) is 18.1 Å². The van der Waals surface area contributed by atoms with Crippen LogP contribution in [0.15, 0.2) is 18.6 Å². The van der Waals surface area contributed by atoms with E-state index >= 15 is 0 Å². The van der Waals surface area contributed by atoms with E-state index in [1.54, 1.807) is 17.1 Å². The molecule has 2 aromatic rings. The van der Waals surface area contributed by atoms with Crippen molar-refractivity contribution in [2.75, 3.05) is 0 Å². The largest absolute Gasteiger partial charge is 0.370 e. The first-order chi connectivity index (χ1) is 10.8. The van der Waals surface area contributed by atoms with Gasteiger partial charge in [0.25, 0.3) is 0 Å². The van der Waals surface area contributed by atoms with Crippen LogP contribution >= 0.6 is 0 Å². The van der Waals surface area contributed by atoms with E-state index < -0.39 is 0 Å². The first kappa shape index (κ1) is 13.8. The van der Waals surface area contributed by atoms with Gasteiger partial charge in [-0.1, -0.05) is 19.3 Å². The Morgan fingerprint density at radius 2 is 2.14 bits per heavy atom. The van der Waals surface area contributed by atoms with Gasteiger partial charge in [0, 0.05) is 6.20 Å². The fourth-order valence-electron chi connectivity index (χ4n) is 3.62. The fourth-order valence-corrected chi connectivity index (χ4v) is 3.62. The molecule has 1 saturated heterocycles. The standard InChI is InChI=1S/C15H20N6O/c1-2-6-15(7-3-1)8-4-12(22-15)10-21-19-14(18-20-21)13-5-9-16-11-17-13/h5,9,11-12H,1-4,6-8,10H2/t12-/m0/s1. The molecular formula is C15H20N6O. The third kappa shape index (κ3) is 2.72. The van der Waals surface area contributed by atoms with E-state index in [9.17, 15) is 0 Å². The Morgan fingerprint density at radius 3 is 2.95 bits per heavy atom. The average molecular weight is 300 g/mol. The lowest BCUT2D eigenvalue weighted by atomic mass is 9.83. The second-order valence-electron chi connectivity index (χ2n) is 6.28. The van der Waals surface area contributed by atoms with E-state index in [4.69, 9.17) is 4.74 Å². The molecule has 1 saturated carbocycles. The zero-order valence-electron chi connectivity index (χ0n) is 12.6. The van der Waals surface area contributed by atoms with Gasteiger partial charge in [-0.3, -0.25) is 0 Å². The molecule has 7 heteroatoms. The zero-order valence-corrected chi connectivity index (χ0v) is 12.6. The Morgan fingerprint density at radius 1 is 1.23 bits per heavy atom. The predicted octanol–water partition coefficient (Wildman–Crippen LogP) is 2.01. The Kier molecular flexibility index (Phi) is 3.57. The molecule has 0 aromatic carbocycles. The topological polar surface area (TPSA) is 78.6 Å². The predicted molar refractivity (Wildman–Crippen MR) is 78.8 cm³/mol. The Labute approximate surface area is 129 Å². The molecule has 0 amide bonds. The van der Waals surface area contributed by atoms with E-state index in [-0.39, 0.29) is 11.7 Å². The summed E-state index contributed by atoms with van der Waals surface area (Å²) in [6.07, 6.45) is 12.0. The van der Waals surface area contributed by atoms with Crippen LogP contribution in [-0.2, 0) is 11.3 Å². The molecule has 0 unspecified atom stereocenters. The zero-order chi connectivity index (χ0) is 14.8. The second kappa shape index (κ2) is 5.72. The summed E-state index contributed by atoms with van der Waals surface area (Å²) in [5, 5.41) is 12.6. The fraction of sp³-hybridized carbons (Fsp3) is 0.667. The van der Waals surface area contributed by atoms with Crippen LogP contribution in [0.5, 0.6) is 0 Å². The van der Waals surface area contributed by atoms with Gasteiger partial charge in [0.2, 0.25) is 5.82 Å². The first-order valence-corrected chi connectivity index (χ1v) is 8.05. The van der Waals surface area contributed by atoms with E-state index in [1.807, 2.05) is 0 Å². The molecule has 2 aromatic heterocycles. The van der Waals surface area contributed by atoms with Crippen molar-refractivity contribution in [1.29, 1.82) is 0 Å². The SMILES string of the molecule is c1cc(-c2nnn(C[C@@H]3CCC4(CCCCC4)O3)n2)ncn1. The summed E-state index contributed by atoms with van der Waals surface area (Å²) in [5.41, 5.74) is 0.830. The molecular weight excluding hydrogens is 280 g/mol. The molecule has 7 nitrogen and oxygen atoms in total. The summed E-state index contributed by atoms with van der Waals surface area (Å²) in [6.45, 7) is 0.667. The van der Waals surface area contributed by atoms with Crippen LogP contribution in [-0.4, -0.2) is 41.9 Å². The molecule has 2 fully saturated rings. The highest BCUT2D eigenvalue weighted by Crippen LogP contribution is 2.42. The molecule has 1 spiro atoms. The van der Waals surface area contributed by atoms with Crippen molar-refractivity contribution < 1.29 is 4.74 Å². The van der Waals surface area contributed by atoms with Crippen LogP contribution in [0.3, 0.4) is 0 Å². The molecule has 0 bridgehead atoms. The number of ether oxygens (including phenoxy) is 1. The molecule has 22 heavy (non-hydrogen) atoms. The molecule has 1 aliphatic carbocycles. The lowest BCUT2D eigenvalue weighted by Crippen LogP contribution is -2.32. The quantitative estimate of drug-likeness (QED) is 0.863. The lowest BCUT2D eigenvalue weighted by molar-refractivity contribution is -0.0699. The molecule has 1 atom stereocenters. The monoisotopic (exact) mass is 300 g/mol. The van der Waals surface area contributed by atoms with Crippen LogP contribution in [0.4, 0.5) is 0 Å². The van der Waals surface area contributed by atoms with Crippen molar-refractivity contribution in [3.63, 3.8) is 0 Å². The van der Waals surface area contributed by atoms with Gasteiger partial charge in [-0.15, -0.1) is 10.2 Å². The average Bonchev–Trinajstić information content (AvgIpc) is 3.17. The highest BCUT2D eigenvalue weighted by atomic mass is 16.5. The van der Waals surface area contributed by atoms with Crippen LogP contribution in [0, 0.1) is 0 Å². The molecule has 2 aliphatic rings. The number of nitrogens with zero attached hydrogens (tertiary/aromatic N) is 6. The summed E-state index contributed by atoms with van der Waals surface area (Å²) in [5.74, 6) is 0.535. The Bertz CT molecular complexity index is 622. The maximum absolute atomic E-state index is 6.35. The Hall–Kier alpha value is -1.89. The van der Waals surface area contributed by atoms with Crippen molar-refractivity contribution in [1.82, 2.24) is 30.2 Å². The van der Waals surface area contributed by atoms with Crippen LogP contribution in [0.1, 0.15) is 44.9 Å². The molecule has 1 aliphatic heterocycles. The van der Waals surface area contributed by atoms with Gasteiger partial charge in [-0.25, -0.2) is 9.97 Å². The summed E-state index contributed by atoms with van der Waals surface area (Å²) in [7, 11) is 0. The summed E-state index contributed by atoms with van der Waals surface area (Å²) in [4.78, 5) is 9.67. The third-order valence-corrected chi connectivity index (χ3v) is 4.73. The van der Waals surface area contributed by atoms with Crippen molar-refractivity contribution in [2.45, 2.75) is 63.2 Å². The molecule has 3 heterocycles. The van der Waals surface area contributed by atoms with Gasteiger partial charge < -0.3 is 4.74 Å². The minimum atomic E-state index is 0.138. The van der Waals surface area contributed by atoms with E-state index in [1.165, 1.54) is 44.9 Å². The van der Waals surface area contributed by atoms with Crippen molar-refractivity contribution in [3.8, 4) is 11.5 Å². The smallest absolute Gasteiger partial charge is 0.223 e. The van der Waals surface area contributed by atoms with Crippen molar-refractivity contribution in [2.24, 2.45) is 0 Å². The van der Waals surface area contributed by atoms with Gasteiger partial charge in [0.15, 0.2) is 0 Å². The van der Waals surface area contributed by atoms with Crippen LogP contribution < -0.4 is 0 Å². The minimum Gasteiger partial charge on any atom is -0.370 e. The number of aromatic nitrogens is 6. The normalized spacial score (nSPS) is 23.9. The summed E-state index contributed by atoms with van der Waals surface area (Å²) < 4.78 is 6.35. The van der Waals surface area contributed by atoms with Gasteiger partial charge in [0.1, 0.15) is 12.0 Å². The Balaban J connectivity index is 1.41. The minimum absolute atomic E-state index is 0.138. The van der Waals surface area contributed by atoms with E-state index in [0.717, 1.165) is 6.42 Å². The van der Waals surface area contributed by atoms with Crippen molar-refractivity contribution >= 4 is 0 Å². The third-order valence-electron chi connectivity index (χ3n) is 4.73.